The average molecular weight is 233 g/mol. The van der Waals surface area contributed by atoms with Crippen molar-refractivity contribution in [2.45, 2.75) is 38.3 Å². The molecular weight excluding hydrogens is 214 g/mol. The summed E-state index contributed by atoms with van der Waals surface area (Å²) in [6.45, 7) is 3.00. The number of phenols is 1. The predicted octanol–water partition coefficient (Wildman–Crippen LogP) is 2.60. The summed E-state index contributed by atoms with van der Waals surface area (Å²) in [5.41, 5.74) is 1.18. The van der Waals surface area contributed by atoms with E-state index < -0.39 is 0 Å². The average Bonchev–Trinajstić information content (AvgIpc) is 2.86. The van der Waals surface area contributed by atoms with Gasteiger partial charge in [0.05, 0.1) is 6.04 Å². The maximum atomic E-state index is 9.40. The van der Waals surface area contributed by atoms with E-state index in [1.54, 1.807) is 12.1 Å². The minimum Gasteiger partial charge on any atom is -0.508 e. The summed E-state index contributed by atoms with van der Waals surface area (Å²) in [4.78, 5) is 0. The van der Waals surface area contributed by atoms with Crippen LogP contribution >= 0.6 is 0 Å². The van der Waals surface area contributed by atoms with Gasteiger partial charge >= 0.3 is 0 Å². The van der Waals surface area contributed by atoms with Crippen molar-refractivity contribution in [2.75, 3.05) is 6.61 Å². The number of hydrogen-bond acceptors (Lipinski definition) is 3. The monoisotopic (exact) mass is 233 g/mol. The van der Waals surface area contributed by atoms with Crippen LogP contribution in [0.2, 0.25) is 0 Å². The van der Waals surface area contributed by atoms with Gasteiger partial charge in [0, 0.05) is 17.7 Å². The van der Waals surface area contributed by atoms with Crippen LogP contribution in [0.1, 0.15) is 37.8 Å². The van der Waals surface area contributed by atoms with Gasteiger partial charge in [0.15, 0.2) is 0 Å². The summed E-state index contributed by atoms with van der Waals surface area (Å²) in [6, 6.07) is 6.32. The first-order valence-corrected chi connectivity index (χ1v) is 6.44. The van der Waals surface area contributed by atoms with Crippen LogP contribution in [0.3, 0.4) is 0 Å². The van der Waals surface area contributed by atoms with E-state index >= 15 is 0 Å². The first-order chi connectivity index (χ1) is 8.22. The number of nitrogens with one attached hydrogen (secondary N) is 1. The highest BCUT2D eigenvalue weighted by molar-refractivity contribution is 5.44. The highest BCUT2D eigenvalue weighted by Crippen LogP contribution is 2.36. The van der Waals surface area contributed by atoms with Gasteiger partial charge in [-0.1, -0.05) is 6.92 Å². The number of phenolic OH excluding ortho intramolecular Hbond substituents is 1. The van der Waals surface area contributed by atoms with Crippen molar-refractivity contribution < 1.29 is 9.84 Å². The molecular formula is C14H19NO2. The molecule has 3 heteroatoms. The molecule has 1 fully saturated rings. The van der Waals surface area contributed by atoms with Crippen LogP contribution in [0.15, 0.2) is 18.2 Å². The van der Waals surface area contributed by atoms with Crippen LogP contribution in [0.5, 0.6) is 11.5 Å². The van der Waals surface area contributed by atoms with Crippen molar-refractivity contribution in [3.05, 3.63) is 23.8 Å². The predicted molar refractivity (Wildman–Crippen MR) is 66.3 cm³/mol. The van der Waals surface area contributed by atoms with Crippen molar-refractivity contribution in [1.82, 2.24) is 5.32 Å². The Kier molecular flexibility index (Phi) is 2.71. The Bertz CT molecular complexity index is 419. The minimum atomic E-state index is 0.277. The molecule has 0 amide bonds. The van der Waals surface area contributed by atoms with Gasteiger partial charge in [0.1, 0.15) is 18.1 Å². The third-order valence-electron chi connectivity index (χ3n) is 3.91. The molecule has 0 bridgehead atoms. The van der Waals surface area contributed by atoms with Gasteiger partial charge < -0.3 is 15.2 Å². The van der Waals surface area contributed by atoms with Crippen LogP contribution < -0.4 is 10.1 Å². The van der Waals surface area contributed by atoms with Gasteiger partial charge in [0.25, 0.3) is 0 Å². The molecule has 2 N–H and O–H groups in total. The number of rotatable bonds is 2. The molecule has 3 unspecified atom stereocenters. The maximum Gasteiger partial charge on any atom is 0.127 e. The van der Waals surface area contributed by atoms with Crippen molar-refractivity contribution >= 4 is 0 Å². The molecule has 3 atom stereocenters. The molecule has 1 saturated carbocycles. The molecule has 3 nitrogen and oxygen atoms in total. The Hall–Kier alpha value is -1.22. The Morgan fingerprint density at radius 3 is 3.00 bits per heavy atom. The lowest BCUT2D eigenvalue weighted by atomic mass is 10.1. The van der Waals surface area contributed by atoms with Gasteiger partial charge in [-0.25, -0.2) is 0 Å². The lowest BCUT2D eigenvalue weighted by Gasteiger charge is -2.17. The van der Waals surface area contributed by atoms with Crippen LogP contribution in [-0.4, -0.2) is 17.8 Å². The van der Waals surface area contributed by atoms with Gasteiger partial charge in [0.2, 0.25) is 0 Å². The Morgan fingerprint density at radius 2 is 2.24 bits per heavy atom. The molecule has 0 aromatic heterocycles. The Balaban J connectivity index is 1.71. The van der Waals surface area contributed by atoms with E-state index in [0.717, 1.165) is 11.7 Å². The van der Waals surface area contributed by atoms with Crippen molar-refractivity contribution in [1.29, 1.82) is 0 Å². The lowest BCUT2D eigenvalue weighted by molar-refractivity contribution is 0.295. The normalized spacial score (nSPS) is 31.2. The van der Waals surface area contributed by atoms with E-state index in [2.05, 4.69) is 12.2 Å². The van der Waals surface area contributed by atoms with Crippen LogP contribution in [0.25, 0.3) is 0 Å². The van der Waals surface area contributed by atoms with Gasteiger partial charge in [-0.15, -0.1) is 0 Å². The van der Waals surface area contributed by atoms with E-state index in [-0.39, 0.29) is 5.75 Å². The zero-order chi connectivity index (χ0) is 11.8. The Labute approximate surface area is 102 Å². The summed E-state index contributed by atoms with van der Waals surface area (Å²) in [5.74, 6) is 1.95. The van der Waals surface area contributed by atoms with Crippen LogP contribution in [0.4, 0.5) is 0 Å². The molecule has 0 spiro atoms. The van der Waals surface area contributed by atoms with Crippen molar-refractivity contribution in [2.24, 2.45) is 5.92 Å². The summed E-state index contributed by atoms with van der Waals surface area (Å²) in [7, 11) is 0. The van der Waals surface area contributed by atoms with E-state index in [1.165, 1.54) is 24.8 Å². The molecule has 2 aliphatic rings. The fraction of sp³-hybridized carbons (Fsp3) is 0.571. The molecule has 0 radical (unpaired) electrons. The standard InChI is InChI=1S/C14H19NO2/c1-9-2-3-10(6-9)15-13-8-17-14-7-11(16)4-5-12(13)14/h4-5,7,9-10,13,15-16H,2-3,6,8H2,1H3. The zero-order valence-electron chi connectivity index (χ0n) is 10.1. The van der Waals surface area contributed by atoms with Crippen LogP contribution in [-0.2, 0) is 0 Å². The molecule has 0 saturated heterocycles. The molecule has 1 heterocycles. The second-order valence-electron chi connectivity index (χ2n) is 5.37. The summed E-state index contributed by atoms with van der Waals surface area (Å²) in [5, 5.41) is 13.1. The quantitative estimate of drug-likeness (QED) is 0.825. The lowest BCUT2D eigenvalue weighted by Crippen LogP contribution is -2.31. The van der Waals surface area contributed by atoms with E-state index in [0.29, 0.717) is 18.7 Å². The van der Waals surface area contributed by atoms with E-state index in [1.807, 2.05) is 6.07 Å². The summed E-state index contributed by atoms with van der Waals surface area (Å²) < 4.78 is 5.61. The first kappa shape index (κ1) is 10.9. The first-order valence-electron chi connectivity index (χ1n) is 6.44. The number of aromatic hydroxyl groups is 1. The van der Waals surface area contributed by atoms with E-state index in [4.69, 9.17) is 4.74 Å². The van der Waals surface area contributed by atoms with Gasteiger partial charge in [-0.3, -0.25) is 0 Å². The molecule has 1 aliphatic heterocycles. The third-order valence-corrected chi connectivity index (χ3v) is 3.91. The highest BCUT2D eigenvalue weighted by atomic mass is 16.5. The fourth-order valence-electron chi connectivity index (χ4n) is 2.98. The maximum absolute atomic E-state index is 9.40. The fourth-order valence-corrected chi connectivity index (χ4v) is 2.98. The molecule has 3 rings (SSSR count). The summed E-state index contributed by atoms with van der Waals surface area (Å²) >= 11 is 0. The third kappa shape index (κ3) is 2.12. The number of ether oxygens (including phenoxy) is 1. The topological polar surface area (TPSA) is 41.5 Å². The molecule has 17 heavy (non-hydrogen) atoms. The molecule has 92 valence electrons. The van der Waals surface area contributed by atoms with Crippen molar-refractivity contribution in [3.63, 3.8) is 0 Å². The number of hydrogen-bond donors (Lipinski definition) is 2. The smallest absolute Gasteiger partial charge is 0.127 e. The second kappa shape index (κ2) is 4.22. The molecule has 1 aromatic rings. The zero-order valence-corrected chi connectivity index (χ0v) is 10.1. The van der Waals surface area contributed by atoms with Gasteiger partial charge in [-0.2, -0.15) is 0 Å². The number of fused-ring (bicyclic) bond motifs is 1. The van der Waals surface area contributed by atoms with E-state index in [9.17, 15) is 5.11 Å². The summed E-state index contributed by atoms with van der Waals surface area (Å²) in [6.07, 6.45) is 3.86. The van der Waals surface area contributed by atoms with Gasteiger partial charge in [-0.05, 0) is 37.3 Å². The largest absolute Gasteiger partial charge is 0.508 e. The minimum absolute atomic E-state index is 0.277. The second-order valence-corrected chi connectivity index (χ2v) is 5.37. The van der Waals surface area contributed by atoms with Crippen molar-refractivity contribution in [3.8, 4) is 11.5 Å². The SMILES string of the molecule is CC1CCC(NC2COc3cc(O)ccc32)C1. The Morgan fingerprint density at radius 1 is 1.35 bits per heavy atom. The molecule has 1 aliphatic carbocycles. The number of benzene rings is 1. The molecule has 1 aromatic carbocycles. The van der Waals surface area contributed by atoms with Crippen LogP contribution in [0, 0.1) is 5.92 Å². The highest BCUT2D eigenvalue weighted by Gasteiger charge is 2.29.